The molecular formula is C21H24F3N5O2. The standard InChI is InChI=1S/C21H24F3N5O2/c1-12-11-25-17(27-20(31)26-14-5-6-14)10-15(12)13-8-18(28-19(30)9-13)29-7-3-2-4-16(29)21(22,23)24/h8-11,14,16H,2-7H2,1H3,(H,28,30)(H2,25,26,27,31)/t16-/m1/s1. The monoisotopic (exact) mass is 435 g/mol. The number of alkyl halides is 3. The minimum absolute atomic E-state index is 0.00574. The fraction of sp³-hybridized carbons (Fsp3) is 0.476. The van der Waals surface area contributed by atoms with E-state index in [0.29, 0.717) is 29.8 Å². The Labute approximate surface area is 177 Å². The molecule has 1 saturated heterocycles. The molecular weight excluding hydrogens is 411 g/mol. The number of amides is 2. The van der Waals surface area contributed by atoms with Gasteiger partial charge in [0, 0.05) is 24.8 Å². The molecule has 2 aliphatic rings. The molecule has 3 heterocycles. The van der Waals surface area contributed by atoms with Crippen molar-refractivity contribution in [1.82, 2.24) is 15.3 Å². The summed E-state index contributed by atoms with van der Waals surface area (Å²) in [6, 6.07) is 2.71. The Morgan fingerprint density at radius 3 is 2.68 bits per heavy atom. The Bertz CT molecular complexity index is 1030. The van der Waals surface area contributed by atoms with E-state index in [9.17, 15) is 22.8 Å². The van der Waals surface area contributed by atoms with Crippen LogP contribution in [0.15, 0.2) is 29.2 Å². The summed E-state index contributed by atoms with van der Waals surface area (Å²) in [7, 11) is 0. The summed E-state index contributed by atoms with van der Waals surface area (Å²) < 4.78 is 40.6. The number of aromatic nitrogens is 2. The van der Waals surface area contributed by atoms with Gasteiger partial charge in [-0.1, -0.05) is 0 Å². The summed E-state index contributed by atoms with van der Waals surface area (Å²) in [5, 5.41) is 5.46. The average molecular weight is 435 g/mol. The molecule has 0 aromatic carbocycles. The Morgan fingerprint density at radius 2 is 1.97 bits per heavy atom. The maximum atomic E-state index is 13.5. The number of hydrogen-bond acceptors (Lipinski definition) is 4. The van der Waals surface area contributed by atoms with Gasteiger partial charge in [-0.15, -0.1) is 0 Å². The van der Waals surface area contributed by atoms with Crippen LogP contribution in [0.2, 0.25) is 0 Å². The topological polar surface area (TPSA) is 90.1 Å². The van der Waals surface area contributed by atoms with Crippen molar-refractivity contribution in [2.24, 2.45) is 0 Å². The van der Waals surface area contributed by atoms with Gasteiger partial charge in [-0.25, -0.2) is 9.78 Å². The highest BCUT2D eigenvalue weighted by molar-refractivity contribution is 5.89. The van der Waals surface area contributed by atoms with Gasteiger partial charge in [-0.05, 0) is 67.9 Å². The first-order valence-corrected chi connectivity index (χ1v) is 10.3. The first kappa shape index (κ1) is 21.2. The van der Waals surface area contributed by atoms with Crippen LogP contribution in [0, 0.1) is 6.92 Å². The maximum absolute atomic E-state index is 13.5. The van der Waals surface area contributed by atoms with E-state index in [-0.39, 0.29) is 30.9 Å². The Hall–Kier alpha value is -3.04. The SMILES string of the molecule is Cc1cnc(NC(=O)NC2CC2)cc1-c1cc(N2CCCC[C@@H]2C(F)(F)F)[nH]c(=O)c1. The van der Waals surface area contributed by atoms with Gasteiger partial charge in [-0.2, -0.15) is 13.2 Å². The van der Waals surface area contributed by atoms with Crippen LogP contribution >= 0.6 is 0 Å². The van der Waals surface area contributed by atoms with Crippen LogP contribution < -0.4 is 21.1 Å². The van der Waals surface area contributed by atoms with Gasteiger partial charge in [0.25, 0.3) is 0 Å². The fourth-order valence-electron chi connectivity index (χ4n) is 3.87. The number of urea groups is 1. The molecule has 31 heavy (non-hydrogen) atoms. The van der Waals surface area contributed by atoms with Crippen LogP contribution in [0.1, 0.15) is 37.7 Å². The van der Waals surface area contributed by atoms with Crippen LogP contribution in [0.5, 0.6) is 0 Å². The predicted molar refractivity (Wildman–Crippen MR) is 111 cm³/mol. The number of aromatic amines is 1. The van der Waals surface area contributed by atoms with E-state index in [0.717, 1.165) is 18.4 Å². The third kappa shape index (κ3) is 5.00. The number of pyridine rings is 2. The molecule has 3 N–H and O–H groups in total. The van der Waals surface area contributed by atoms with Crippen LogP contribution in [0.25, 0.3) is 11.1 Å². The van der Waals surface area contributed by atoms with Crippen molar-refractivity contribution >= 4 is 17.7 Å². The van der Waals surface area contributed by atoms with Crippen LogP contribution in [-0.2, 0) is 0 Å². The van der Waals surface area contributed by atoms with Crippen molar-refractivity contribution in [2.45, 2.75) is 57.3 Å². The van der Waals surface area contributed by atoms with E-state index in [1.165, 1.54) is 11.0 Å². The number of halogens is 3. The smallest absolute Gasteiger partial charge is 0.346 e. The third-order valence-corrected chi connectivity index (χ3v) is 5.59. The van der Waals surface area contributed by atoms with Gasteiger partial charge < -0.3 is 15.2 Å². The number of nitrogens with zero attached hydrogens (tertiary/aromatic N) is 2. The number of nitrogens with one attached hydrogen (secondary N) is 3. The molecule has 1 aliphatic heterocycles. The van der Waals surface area contributed by atoms with Gasteiger partial charge >= 0.3 is 12.2 Å². The number of hydrogen-bond donors (Lipinski definition) is 3. The molecule has 2 fully saturated rings. The Morgan fingerprint density at radius 1 is 1.19 bits per heavy atom. The zero-order valence-corrected chi connectivity index (χ0v) is 17.1. The normalized spacial score (nSPS) is 19.2. The zero-order valence-electron chi connectivity index (χ0n) is 17.1. The van der Waals surface area contributed by atoms with E-state index in [1.54, 1.807) is 25.3 Å². The quantitative estimate of drug-likeness (QED) is 0.678. The van der Waals surface area contributed by atoms with Crippen molar-refractivity contribution in [3.63, 3.8) is 0 Å². The lowest BCUT2D eigenvalue weighted by molar-refractivity contribution is -0.152. The summed E-state index contributed by atoms with van der Waals surface area (Å²) in [5.41, 5.74) is 1.33. The predicted octanol–water partition coefficient (Wildman–Crippen LogP) is 3.95. The van der Waals surface area contributed by atoms with Crippen molar-refractivity contribution in [3.05, 3.63) is 40.3 Å². The molecule has 1 saturated carbocycles. The lowest BCUT2D eigenvalue weighted by Gasteiger charge is -2.38. The molecule has 2 amide bonds. The summed E-state index contributed by atoms with van der Waals surface area (Å²) >= 11 is 0. The second-order valence-electron chi connectivity index (χ2n) is 8.12. The second-order valence-corrected chi connectivity index (χ2v) is 8.12. The van der Waals surface area contributed by atoms with Crippen molar-refractivity contribution in [2.75, 3.05) is 16.8 Å². The van der Waals surface area contributed by atoms with Gasteiger partial charge in [0.15, 0.2) is 0 Å². The second kappa shape index (κ2) is 8.24. The van der Waals surface area contributed by atoms with Crippen LogP contribution in [-0.4, -0.2) is 40.8 Å². The highest BCUT2D eigenvalue weighted by atomic mass is 19.4. The first-order chi connectivity index (χ1) is 14.7. The molecule has 0 bridgehead atoms. The summed E-state index contributed by atoms with van der Waals surface area (Å²) in [6.45, 7) is 2.00. The molecule has 0 radical (unpaired) electrons. The molecule has 7 nitrogen and oxygen atoms in total. The molecule has 0 spiro atoms. The van der Waals surface area contributed by atoms with E-state index >= 15 is 0 Å². The van der Waals surface area contributed by atoms with E-state index in [2.05, 4.69) is 20.6 Å². The number of H-pyrrole nitrogens is 1. The average Bonchev–Trinajstić information content (AvgIpc) is 3.52. The molecule has 10 heteroatoms. The number of rotatable bonds is 4. The lowest BCUT2D eigenvalue weighted by Crippen LogP contribution is -2.49. The lowest BCUT2D eigenvalue weighted by atomic mass is 10.00. The largest absolute Gasteiger partial charge is 0.408 e. The number of carbonyl (C=O) groups excluding carboxylic acids is 1. The van der Waals surface area contributed by atoms with Gasteiger partial charge in [0.2, 0.25) is 5.56 Å². The van der Waals surface area contributed by atoms with Crippen LogP contribution in [0.3, 0.4) is 0 Å². The summed E-state index contributed by atoms with van der Waals surface area (Å²) in [6.07, 6.45) is 0.182. The summed E-state index contributed by atoms with van der Waals surface area (Å²) in [4.78, 5) is 32.3. The Kier molecular flexibility index (Phi) is 5.63. The highest BCUT2D eigenvalue weighted by Gasteiger charge is 2.45. The molecule has 166 valence electrons. The molecule has 4 rings (SSSR count). The number of anilines is 2. The fourth-order valence-corrected chi connectivity index (χ4v) is 3.87. The molecule has 2 aromatic heterocycles. The maximum Gasteiger partial charge on any atom is 0.408 e. The Balaban J connectivity index is 1.65. The van der Waals surface area contributed by atoms with Gasteiger partial charge in [0.1, 0.15) is 17.7 Å². The number of carbonyl (C=O) groups is 1. The highest BCUT2D eigenvalue weighted by Crippen LogP contribution is 2.35. The minimum Gasteiger partial charge on any atom is -0.346 e. The molecule has 1 atom stereocenters. The van der Waals surface area contributed by atoms with E-state index < -0.39 is 17.8 Å². The van der Waals surface area contributed by atoms with Crippen molar-refractivity contribution < 1.29 is 18.0 Å². The first-order valence-electron chi connectivity index (χ1n) is 10.3. The molecule has 0 unspecified atom stereocenters. The molecule has 1 aliphatic carbocycles. The summed E-state index contributed by atoms with van der Waals surface area (Å²) in [5.74, 6) is 0.438. The zero-order chi connectivity index (χ0) is 22.2. The van der Waals surface area contributed by atoms with Crippen molar-refractivity contribution in [3.8, 4) is 11.1 Å². The van der Waals surface area contributed by atoms with E-state index in [1.807, 2.05) is 0 Å². The third-order valence-electron chi connectivity index (χ3n) is 5.59. The van der Waals surface area contributed by atoms with Gasteiger partial charge in [-0.3, -0.25) is 10.1 Å². The minimum atomic E-state index is -4.38. The number of aryl methyl sites for hydroxylation is 1. The van der Waals surface area contributed by atoms with Crippen LogP contribution in [0.4, 0.5) is 29.6 Å². The van der Waals surface area contributed by atoms with E-state index in [4.69, 9.17) is 0 Å². The molecule has 2 aromatic rings. The van der Waals surface area contributed by atoms with Crippen molar-refractivity contribution in [1.29, 1.82) is 0 Å². The number of piperidine rings is 1. The van der Waals surface area contributed by atoms with Gasteiger partial charge in [0.05, 0.1) is 0 Å².